The van der Waals surface area contributed by atoms with Crippen LogP contribution in [0.4, 0.5) is 0 Å². The number of ketones is 1. The molecule has 4 rings (SSSR count). The first-order chi connectivity index (χ1) is 13.8. The molecule has 0 N–H and O–H groups in total. The van der Waals surface area contributed by atoms with E-state index in [0.29, 0.717) is 22.5 Å². The van der Waals surface area contributed by atoms with Crippen molar-refractivity contribution in [2.45, 2.75) is 112 Å². The highest BCUT2D eigenvalue weighted by atomic mass is 16.1. The molecule has 0 aromatic carbocycles. The summed E-state index contributed by atoms with van der Waals surface area (Å²) in [5.41, 5.74) is 2.79. The molecule has 7 atom stereocenters. The standard InChI is InChI=1S/C28H46O/c1-6-20(9-7-8-19(2)3)24-12-13-25-23-11-10-21-18-22(29)14-16-27(21,4)26(23)15-17-28(24,25)5/h11,19-21,24-26H,6-10,12-18H2,1-5H3/t20?,21-,24+,25?,26?,27-,28+/m0/s1. The van der Waals surface area contributed by atoms with Gasteiger partial charge in [0.2, 0.25) is 0 Å². The minimum atomic E-state index is 0.402. The van der Waals surface area contributed by atoms with Gasteiger partial charge in [0.1, 0.15) is 5.78 Å². The Kier molecular flexibility index (Phi) is 6.09. The van der Waals surface area contributed by atoms with Crippen LogP contribution in [0.1, 0.15) is 112 Å². The molecular weight excluding hydrogens is 352 g/mol. The Balaban J connectivity index is 1.53. The van der Waals surface area contributed by atoms with Gasteiger partial charge < -0.3 is 0 Å². The van der Waals surface area contributed by atoms with Crippen LogP contribution in [0, 0.1) is 46.3 Å². The third kappa shape index (κ3) is 3.67. The minimum absolute atomic E-state index is 0.402. The summed E-state index contributed by atoms with van der Waals surface area (Å²) < 4.78 is 0. The van der Waals surface area contributed by atoms with Gasteiger partial charge in [-0.3, -0.25) is 4.79 Å². The molecule has 3 unspecified atom stereocenters. The van der Waals surface area contributed by atoms with Gasteiger partial charge in [-0.2, -0.15) is 0 Å². The molecule has 0 radical (unpaired) electrons. The first-order valence-corrected chi connectivity index (χ1v) is 13.0. The summed E-state index contributed by atoms with van der Waals surface area (Å²) in [4.78, 5) is 12.1. The molecule has 3 fully saturated rings. The highest BCUT2D eigenvalue weighted by Gasteiger charge is 2.58. The fraction of sp³-hybridized carbons (Fsp3) is 0.893. The van der Waals surface area contributed by atoms with Crippen molar-refractivity contribution in [3.05, 3.63) is 11.6 Å². The average Bonchev–Trinajstić information content (AvgIpc) is 3.03. The van der Waals surface area contributed by atoms with E-state index in [9.17, 15) is 4.79 Å². The Hall–Kier alpha value is -0.590. The lowest BCUT2D eigenvalue weighted by Crippen LogP contribution is -2.49. The average molecular weight is 399 g/mol. The number of carbonyl (C=O) groups is 1. The first-order valence-electron chi connectivity index (χ1n) is 13.0. The second-order valence-electron chi connectivity index (χ2n) is 12.2. The van der Waals surface area contributed by atoms with E-state index < -0.39 is 0 Å². The molecule has 29 heavy (non-hydrogen) atoms. The number of fused-ring (bicyclic) bond motifs is 5. The molecule has 4 aliphatic rings. The molecular formula is C28H46O. The van der Waals surface area contributed by atoms with Crippen LogP contribution in [0.25, 0.3) is 0 Å². The third-order valence-corrected chi connectivity index (χ3v) is 10.4. The van der Waals surface area contributed by atoms with Gasteiger partial charge >= 0.3 is 0 Å². The minimum Gasteiger partial charge on any atom is -0.300 e. The summed E-state index contributed by atoms with van der Waals surface area (Å²) in [6.07, 6.45) is 18.0. The molecule has 0 saturated heterocycles. The van der Waals surface area contributed by atoms with Gasteiger partial charge in [-0.15, -0.1) is 0 Å². The largest absolute Gasteiger partial charge is 0.300 e. The van der Waals surface area contributed by atoms with Gasteiger partial charge in [0, 0.05) is 12.8 Å². The highest BCUT2D eigenvalue weighted by Crippen LogP contribution is 2.67. The Morgan fingerprint density at radius 2 is 1.79 bits per heavy atom. The van der Waals surface area contributed by atoms with Crippen LogP contribution in [0.5, 0.6) is 0 Å². The molecule has 0 aromatic heterocycles. The molecule has 0 spiro atoms. The van der Waals surface area contributed by atoms with Crippen molar-refractivity contribution in [3.63, 3.8) is 0 Å². The number of hydrogen-bond acceptors (Lipinski definition) is 1. The molecule has 1 nitrogen and oxygen atoms in total. The van der Waals surface area contributed by atoms with Gasteiger partial charge in [-0.25, -0.2) is 0 Å². The third-order valence-electron chi connectivity index (χ3n) is 10.4. The maximum absolute atomic E-state index is 12.1. The first kappa shape index (κ1) is 21.6. The lowest BCUT2D eigenvalue weighted by Gasteiger charge is -2.57. The van der Waals surface area contributed by atoms with E-state index in [1.54, 1.807) is 0 Å². The quantitative estimate of drug-likeness (QED) is 0.414. The lowest BCUT2D eigenvalue weighted by molar-refractivity contribution is -0.127. The predicted molar refractivity (Wildman–Crippen MR) is 123 cm³/mol. The number of allylic oxidation sites excluding steroid dienone is 2. The van der Waals surface area contributed by atoms with E-state index in [0.717, 1.165) is 48.9 Å². The number of carbonyl (C=O) groups excluding carboxylic acids is 1. The Labute approximate surface area is 180 Å². The molecule has 0 amide bonds. The van der Waals surface area contributed by atoms with Gasteiger partial charge in [0.25, 0.3) is 0 Å². The smallest absolute Gasteiger partial charge is 0.133 e. The van der Waals surface area contributed by atoms with Crippen molar-refractivity contribution in [1.82, 2.24) is 0 Å². The van der Waals surface area contributed by atoms with E-state index in [2.05, 4.69) is 40.7 Å². The highest BCUT2D eigenvalue weighted by molar-refractivity contribution is 5.79. The fourth-order valence-electron chi connectivity index (χ4n) is 8.60. The molecule has 0 bridgehead atoms. The molecule has 164 valence electrons. The SMILES string of the molecule is CCC(CCCC(C)C)[C@H]1CCC2C3=CC[C@H]4CC(=O)CC[C@]4(C)C3CC[C@@]21C. The maximum atomic E-state index is 12.1. The van der Waals surface area contributed by atoms with Crippen molar-refractivity contribution < 1.29 is 4.79 Å². The zero-order valence-corrected chi connectivity index (χ0v) is 19.9. The van der Waals surface area contributed by atoms with Crippen molar-refractivity contribution in [2.24, 2.45) is 46.3 Å². The van der Waals surface area contributed by atoms with Crippen molar-refractivity contribution in [3.8, 4) is 0 Å². The zero-order valence-electron chi connectivity index (χ0n) is 19.9. The summed E-state index contributed by atoms with van der Waals surface area (Å²) in [5, 5.41) is 0. The predicted octanol–water partition coefficient (Wildman–Crippen LogP) is 7.99. The maximum Gasteiger partial charge on any atom is 0.133 e. The van der Waals surface area contributed by atoms with Gasteiger partial charge in [-0.1, -0.05) is 72.0 Å². The number of hydrogen-bond donors (Lipinski definition) is 0. The van der Waals surface area contributed by atoms with Gasteiger partial charge in [0.15, 0.2) is 0 Å². The summed E-state index contributed by atoms with van der Waals surface area (Å²) in [6, 6.07) is 0. The normalized spacial score (nSPS) is 42.8. The second-order valence-corrected chi connectivity index (χ2v) is 12.2. The van der Waals surface area contributed by atoms with Crippen LogP contribution in [-0.4, -0.2) is 5.78 Å². The van der Waals surface area contributed by atoms with Crippen LogP contribution in [0.15, 0.2) is 11.6 Å². The number of Topliss-reactive ketones (excluding diaryl/α,β-unsaturated/α-hetero) is 1. The fourth-order valence-corrected chi connectivity index (χ4v) is 8.60. The van der Waals surface area contributed by atoms with E-state index >= 15 is 0 Å². The molecule has 1 heteroatoms. The van der Waals surface area contributed by atoms with Gasteiger partial charge in [-0.05, 0) is 84.9 Å². The van der Waals surface area contributed by atoms with E-state index in [4.69, 9.17) is 0 Å². The zero-order chi connectivity index (χ0) is 20.8. The Bertz CT molecular complexity index is 645. The lowest BCUT2D eigenvalue weighted by atomic mass is 9.47. The molecule has 3 saturated carbocycles. The van der Waals surface area contributed by atoms with E-state index in [1.165, 1.54) is 57.8 Å². The summed E-state index contributed by atoms with van der Waals surface area (Å²) in [6.45, 7) is 12.4. The van der Waals surface area contributed by atoms with Crippen LogP contribution in [0.3, 0.4) is 0 Å². The topological polar surface area (TPSA) is 17.1 Å². The second kappa shape index (κ2) is 8.16. The van der Waals surface area contributed by atoms with Crippen molar-refractivity contribution >= 4 is 5.78 Å². The monoisotopic (exact) mass is 398 g/mol. The van der Waals surface area contributed by atoms with Crippen LogP contribution < -0.4 is 0 Å². The molecule has 0 heterocycles. The van der Waals surface area contributed by atoms with Crippen LogP contribution >= 0.6 is 0 Å². The summed E-state index contributed by atoms with van der Waals surface area (Å²) >= 11 is 0. The van der Waals surface area contributed by atoms with Crippen LogP contribution in [0.2, 0.25) is 0 Å². The number of rotatable bonds is 6. The summed E-state index contributed by atoms with van der Waals surface area (Å²) in [5.74, 6) is 5.47. The summed E-state index contributed by atoms with van der Waals surface area (Å²) in [7, 11) is 0. The van der Waals surface area contributed by atoms with Crippen molar-refractivity contribution in [1.29, 1.82) is 0 Å². The van der Waals surface area contributed by atoms with Gasteiger partial charge in [0.05, 0.1) is 0 Å². The molecule has 0 aromatic rings. The van der Waals surface area contributed by atoms with Crippen molar-refractivity contribution in [2.75, 3.05) is 0 Å². The van der Waals surface area contributed by atoms with E-state index in [1.807, 2.05) is 5.57 Å². The van der Waals surface area contributed by atoms with E-state index in [-0.39, 0.29) is 0 Å². The molecule has 0 aliphatic heterocycles. The van der Waals surface area contributed by atoms with Crippen LogP contribution in [-0.2, 0) is 4.79 Å². The molecule has 4 aliphatic carbocycles. The Morgan fingerprint density at radius 3 is 2.52 bits per heavy atom. The Morgan fingerprint density at radius 1 is 1.03 bits per heavy atom.